The van der Waals surface area contributed by atoms with Crippen LogP contribution < -0.4 is 104 Å². The van der Waals surface area contributed by atoms with E-state index >= 15 is 0 Å². The molecule has 15 nitrogen and oxygen atoms in total. The van der Waals surface area contributed by atoms with Crippen LogP contribution >= 0.6 is 0 Å². The molecule has 0 atom stereocenters. The molecule has 2 amide bonds. The van der Waals surface area contributed by atoms with E-state index in [1.807, 2.05) is 0 Å². The van der Waals surface area contributed by atoms with E-state index in [1.165, 1.54) is 12.1 Å². The van der Waals surface area contributed by atoms with E-state index in [1.54, 1.807) is 5.32 Å². The summed E-state index contributed by atoms with van der Waals surface area (Å²) in [6.45, 7) is -0.873. The summed E-state index contributed by atoms with van der Waals surface area (Å²) >= 11 is 0. The molecule has 252 valence electrons. The van der Waals surface area contributed by atoms with Crippen LogP contribution in [0.4, 0.5) is 18.9 Å². The Bertz CT molecular complexity index is 2470. The van der Waals surface area contributed by atoms with E-state index in [9.17, 15) is 61.7 Å². The van der Waals surface area contributed by atoms with Gasteiger partial charge in [-0.25, -0.2) is 30.7 Å². The van der Waals surface area contributed by atoms with E-state index in [4.69, 9.17) is 4.74 Å². The van der Waals surface area contributed by atoms with Crippen LogP contribution in [0.25, 0.3) is 32.3 Å². The van der Waals surface area contributed by atoms with Crippen molar-refractivity contribution >= 4 is 86.4 Å². The van der Waals surface area contributed by atoms with Gasteiger partial charge in [0.15, 0.2) is 6.61 Å². The smallest absolute Gasteiger partial charge is 0.744 e. The van der Waals surface area contributed by atoms with Crippen LogP contribution in [0, 0.1) is 0 Å². The molecule has 0 aliphatic rings. The van der Waals surface area contributed by atoms with E-state index in [0.717, 1.165) is 48.7 Å². The van der Waals surface area contributed by atoms with Crippen molar-refractivity contribution in [3.63, 3.8) is 0 Å². The van der Waals surface area contributed by atoms with E-state index < -0.39 is 75.4 Å². The largest absolute Gasteiger partial charge is 1.00 e. The second kappa shape index (κ2) is 16.6. The first kappa shape index (κ1) is 45.2. The SMILES string of the molecule is O=C(COc1cc(S(=O)(=O)[O-])c2ccc3c(S(=O)(=O)[O-])cc(S(=O)(=O)[O-])c4ccc1c2c43)N/N=C\c1ccc(NC(=O)C(F)(F)F)cc1.[Na+].[Na+].[Na+]. The number of nitrogens with zero attached hydrogens (tertiary/aromatic N) is 1. The van der Waals surface area contributed by atoms with Crippen LogP contribution in [0.2, 0.25) is 0 Å². The monoisotopic (exact) mass is 795 g/mol. The summed E-state index contributed by atoms with van der Waals surface area (Å²) in [6.07, 6.45) is -4.02. The zero-order valence-corrected chi connectivity index (χ0v) is 34.7. The van der Waals surface area contributed by atoms with Gasteiger partial charge in [0.1, 0.15) is 36.1 Å². The molecule has 5 aromatic carbocycles. The van der Waals surface area contributed by atoms with Crippen LogP contribution in [0.1, 0.15) is 5.56 Å². The van der Waals surface area contributed by atoms with E-state index in [2.05, 4.69) is 10.5 Å². The Labute approximate surface area is 352 Å². The predicted molar refractivity (Wildman–Crippen MR) is 156 cm³/mol. The summed E-state index contributed by atoms with van der Waals surface area (Å²) in [7, 11) is -16.1. The maximum atomic E-state index is 12.5. The van der Waals surface area contributed by atoms with Crippen molar-refractivity contribution in [3.05, 3.63) is 66.2 Å². The van der Waals surface area contributed by atoms with Crippen molar-refractivity contribution in [1.29, 1.82) is 0 Å². The minimum absolute atomic E-state index is 0. The number of ether oxygens (including phenoxy) is 1. The molecule has 0 bridgehead atoms. The normalized spacial score (nSPS) is 12.3. The van der Waals surface area contributed by atoms with Crippen LogP contribution in [0.5, 0.6) is 5.75 Å². The van der Waals surface area contributed by atoms with Gasteiger partial charge in [-0.05, 0) is 35.9 Å². The van der Waals surface area contributed by atoms with Crippen molar-refractivity contribution in [2.45, 2.75) is 20.9 Å². The van der Waals surface area contributed by atoms with Crippen LogP contribution in [-0.2, 0) is 39.9 Å². The third-order valence-corrected chi connectivity index (χ3v) is 9.37. The number of rotatable bonds is 9. The molecule has 0 heterocycles. The number of hydrazone groups is 1. The first-order valence-electron chi connectivity index (χ1n) is 12.8. The fraction of sp³-hybridized carbons (Fsp3) is 0.0741. The van der Waals surface area contributed by atoms with Gasteiger partial charge in [0.25, 0.3) is 5.91 Å². The molecule has 0 aromatic heterocycles. The Morgan fingerprint density at radius 3 is 1.59 bits per heavy atom. The second-order valence-electron chi connectivity index (χ2n) is 9.84. The van der Waals surface area contributed by atoms with Crippen molar-refractivity contribution in [1.82, 2.24) is 5.43 Å². The van der Waals surface area contributed by atoms with Gasteiger partial charge in [-0.3, -0.25) is 9.59 Å². The zero-order valence-electron chi connectivity index (χ0n) is 26.3. The quantitative estimate of drug-likeness (QED) is 0.0465. The van der Waals surface area contributed by atoms with Crippen LogP contribution in [-0.4, -0.2) is 69.7 Å². The predicted octanol–water partition coefficient (Wildman–Crippen LogP) is -6.66. The summed E-state index contributed by atoms with van der Waals surface area (Å²) in [6, 6.07) is 10.2. The Kier molecular flexibility index (Phi) is 14.7. The van der Waals surface area contributed by atoms with Gasteiger partial charge in [-0.1, -0.05) is 30.3 Å². The second-order valence-corrected chi connectivity index (χ2v) is 13.9. The number of halogens is 3. The number of alkyl halides is 3. The van der Waals surface area contributed by atoms with Crippen molar-refractivity contribution in [2.75, 3.05) is 11.9 Å². The number of amides is 2. The molecule has 5 rings (SSSR count). The molecule has 0 aliphatic carbocycles. The summed E-state index contributed by atoms with van der Waals surface area (Å²) in [5.74, 6) is -3.55. The Morgan fingerprint density at radius 1 is 0.706 bits per heavy atom. The molecule has 0 fully saturated rings. The first-order valence-corrected chi connectivity index (χ1v) is 17.0. The average molecular weight is 796 g/mol. The summed E-state index contributed by atoms with van der Waals surface area (Å²) < 4.78 is 152. The van der Waals surface area contributed by atoms with Gasteiger partial charge < -0.3 is 23.7 Å². The van der Waals surface area contributed by atoms with Gasteiger partial charge in [0, 0.05) is 38.0 Å². The molecule has 0 saturated carbocycles. The summed E-state index contributed by atoms with van der Waals surface area (Å²) in [4.78, 5) is 20.3. The molecule has 0 radical (unpaired) electrons. The minimum Gasteiger partial charge on any atom is -0.744 e. The molecular formula is C27H15F3N3Na3O12S3. The van der Waals surface area contributed by atoms with Crippen molar-refractivity contribution in [3.8, 4) is 5.75 Å². The van der Waals surface area contributed by atoms with E-state index in [-0.39, 0.29) is 132 Å². The number of nitrogens with one attached hydrogen (secondary N) is 2. The number of carbonyl (C=O) groups excluding carboxylic acids is 2. The third-order valence-electron chi connectivity index (χ3n) is 6.74. The fourth-order valence-corrected chi connectivity index (χ4v) is 6.98. The van der Waals surface area contributed by atoms with Crippen LogP contribution in [0.3, 0.4) is 0 Å². The number of carbonyl (C=O) groups is 2. The molecule has 24 heteroatoms. The molecule has 0 aliphatic heterocycles. The number of anilines is 1. The average Bonchev–Trinajstić information content (AvgIpc) is 2.97. The molecule has 51 heavy (non-hydrogen) atoms. The maximum Gasteiger partial charge on any atom is 1.00 e. The van der Waals surface area contributed by atoms with Gasteiger partial charge >= 0.3 is 101 Å². The van der Waals surface area contributed by atoms with E-state index in [0.29, 0.717) is 6.07 Å². The first-order chi connectivity index (χ1) is 22.2. The van der Waals surface area contributed by atoms with Crippen LogP contribution in [0.15, 0.2) is 80.5 Å². The molecular weight excluding hydrogens is 780 g/mol. The Balaban J connectivity index is 0.00000300. The number of hydrogen-bond acceptors (Lipinski definition) is 13. The molecule has 0 unspecified atom stereocenters. The molecule has 5 aromatic rings. The maximum absolute atomic E-state index is 12.5. The minimum atomic E-state index is -5.41. The summed E-state index contributed by atoms with van der Waals surface area (Å²) in [5, 5.41) is 3.48. The topological polar surface area (TPSA) is 251 Å². The van der Waals surface area contributed by atoms with Crippen molar-refractivity contribution in [2.24, 2.45) is 5.10 Å². The third kappa shape index (κ3) is 9.99. The Morgan fingerprint density at radius 2 is 1.14 bits per heavy atom. The zero-order chi connectivity index (χ0) is 35.4. The Hall–Kier alpha value is -1.93. The van der Waals surface area contributed by atoms with Gasteiger partial charge in [0.2, 0.25) is 0 Å². The number of hydrogen-bond donors (Lipinski definition) is 2. The molecule has 0 spiro atoms. The molecule has 2 N–H and O–H groups in total. The standard InChI is InChI=1S/C27H18F3N3O12S3.3Na/c28-27(29,30)26(35)32-14-3-1-13(2-4-14)11-31-33-23(34)12-45-19-9-20(46(36,37)38)16-7-8-18-22(48(42,43)44)10-21(47(39,40)41)17-6-5-15(19)24(16)25(17)18;;;/h1-11H,12H2,(H,32,35)(H,33,34)(H,36,37,38)(H,39,40,41)(H,42,43,44);;;/q;3*+1/p-3/b31-11-;;;. The van der Waals surface area contributed by atoms with Crippen molar-refractivity contribution < 1.29 is 155 Å². The fourth-order valence-electron chi connectivity index (χ4n) is 4.81. The molecule has 0 saturated heterocycles. The van der Waals surface area contributed by atoms with Gasteiger partial charge in [0.05, 0.1) is 20.9 Å². The summed E-state index contributed by atoms with van der Waals surface area (Å²) in [5.41, 5.74) is 2.17. The number of benzene rings is 5. The van der Waals surface area contributed by atoms with Gasteiger partial charge in [-0.2, -0.15) is 18.3 Å². The van der Waals surface area contributed by atoms with Gasteiger partial charge in [-0.15, -0.1) is 0 Å².